The number of carbonyl (C=O) groups is 3. The van der Waals surface area contributed by atoms with Gasteiger partial charge in [0, 0.05) is 12.8 Å². The third-order valence-electron chi connectivity index (χ3n) is 2.17. The smallest absolute Gasteiger partial charge is 0.343 e. The summed E-state index contributed by atoms with van der Waals surface area (Å²) in [6.07, 6.45) is -0.569. The number of carbonyl (C=O) groups excluding carboxylic acids is 3. The minimum Gasteiger partial charge on any atom is -0.460 e. The lowest BCUT2D eigenvalue weighted by molar-refractivity contribution is -0.163. The summed E-state index contributed by atoms with van der Waals surface area (Å²) in [5, 5.41) is 0. The molecule has 0 saturated carbocycles. The summed E-state index contributed by atoms with van der Waals surface area (Å²) >= 11 is 5.65. The van der Waals surface area contributed by atoms with Crippen molar-refractivity contribution in [1.29, 1.82) is 0 Å². The van der Waals surface area contributed by atoms with Crippen LogP contribution >= 0.6 is 11.6 Å². The molecule has 7 heteroatoms. The summed E-state index contributed by atoms with van der Waals surface area (Å²) in [4.78, 5) is 37.2. The zero-order chi connectivity index (χ0) is 15.0. The van der Waals surface area contributed by atoms with E-state index in [0.717, 1.165) is 11.1 Å². The van der Waals surface area contributed by atoms with E-state index in [9.17, 15) is 14.4 Å². The second-order valence-corrected chi connectivity index (χ2v) is 4.19. The van der Waals surface area contributed by atoms with Gasteiger partial charge in [-0.15, -0.1) is 11.6 Å². The summed E-state index contributed by atoms with van der Waals surface area (Å²) < 4.78 is 4.89. The van der Waals surface area contributed by atoms with Crippen molar-refractivity contribution < 1.29 is 24.0 Å². The zero-order valence-corrected chi connectivity index (χ0v) is 11.6. The number of ether oxygens (including phenoxy) is 1. The molecule has 0 spiro atoms. The van der Waals surface area contributed by atoms with E-state index < -0.39 is 24.3 Å². The van der Waals surface area contributed by atoms with Crippen LogP contribution in [0.25, 0.3) is 0 Å². The molecule has 20 heavy (non-hydrogen) atoms. The fourth-order valence-electron chi connectivity index (χ4n) is 1.22. The number of hydroxylamine groups is 1. The molecule has 6 nitrogen and oxygen atoms in total. The van der Waals surface area contributed by atoms with Crippen LogP contribution in [0.15, 0.2) is 24.3 Å². The van der Waals surface area contributed by atoms with Crippen molar-refractivity contribution in [2.75, 3.05) is 0 Å². The summed E-state index contributed by atoms with van der Waals surface area (Å²) in [5.41, 5.74) is 3.57. The van der Waals surface area contributed by atoms with Crippen LogP contribution in [0, 0.1) is 0 Å². The molecule has 1 rings (SSSR count). The number of benzene rings is 1. The number of amides is 1. The van der Waals surface area contributed by atoms with E-state index in [0.29, 0.717) is 5.88 Å². The molecule has 0 atom stereocenters. The molecule has 0 saturated heterocycles. The lowest BCUT2D eigenvalue weighted by Gasteiger charge is -2.06. The summed E-state index contributed by atoms with van der Waals surface area (Å²) in [6.45, 7) is 1.23. The van der Waals surface area contributed by atoms with Crippen LogP contribution in [0.4, 0.5) is 0 Å². The highest BCUT2D eigenvalue weighted by Gasteiger charge is 2.13. The molecule has 0 aliphatic carbocycles. The molecule has 0 fully saturated rings. The van der Waals surface area contributed by atoms with Gasteiger partial charge in [-0.25, -0.2) is 4.79 Å². The Balaban J connectivity index is 2.31. The highest BCUT2D eigenvalue weighted by Crippen LogP contribution is 2.08. The van der Waals surface area contributed by atoms with Crippen LogP contribution in [0.3, 0.4) is 0 Å². The molecule has 1 aromatic carbocycles. The molecule has 1 amide bonds. The van der Waals surface area contributed by atoms with Gasteiger partial charge in [-0.3, -0.25) is 9.59 Å². The Morgan fingerprint density at radius 3 is 2.25 bits per heavy atom. The normalized spacial score (nSPS) is 9.70. The lowest BCUT2D eigenvalue weighted by atomic mass is 10.2. The molecule has 1 N–H and O–H groups in total. The van der Waals surface area contributed by atoms with E-state index in [1.54, 1.807) is 12.1 Å². The molecule has 0 aromatic heterocycles. The Bertz CT molecular complexity index is 486. The average Bonchev–Trinajstić information content (AvgIpc) is 2.43. The van der Waals surface area contributed by atoms with Gasteiger partial charge in [-0.1, -0.05) is 24.3 Å². The number of halogens is 1. The van der Waals surface area contributed by atoms with Gasteiger partial charge < -0.3 is 9.57 Å². The lowest BCUT2D eigenvalue weighted by Crippen LogP contribution is -2.26. The maximum Gasteiger partial charge on any atom is 0.343 e. The summed E-state index contributed by atoms with van der Waals surface area (Å²) in [6, 6.07) is 7.20. The minimum atomic E-state index is -0.886. The van der Waals surface area contributed by atoms with Crippen molar-refractivity contribution in [3.63, 3.8) is 0 Å². The van der Waals surface area contributed by atoms with Gasteiger partial charge in [0.15, 0.2) is 0 Å². The highest BCUT2D eigenvalue weighted by molar-refractivity contribution is 6.17. The number of hydrogen-bond acceptors (Lipinski definition) is 5. The molecule has 1 aromatic rings. The Kier molecular flexibility index (Phi) is 6.52. The van der Waals surface area contributed by atoms with Gasteiger partial charge in [0.2, 0.25) is 5.91 Å². The van der Waals surface area contributed by atoms with Crippen molar-refractivity contribution in [3.8, 4) is 0 Å². The predicted octanol–water partition coefficient (Wildman–Crippen LogP) is 1.45. The van der Waals surface area contributed by atoms with Gasteiger partial charge in [0.25, 0.3) is 0 Å². The topological polar surface area (TPSA) is 81.7 Å². The van der Waals surface area contributed by atoms with E-state index in [-0.39, 0.29) is 6.61 Å². The molecule has 108 valence electrons. The second-order valence-electron chi connectivity index (χ2n) is 3.92. The van der Waals surface area contributed by atoms with Gasteiger partial charge in [0.1, 0.15) is 13.0 Å². The summed E-state index contributed by atoms with van der Waals surface area (Å²) in [5.74, 6) is -1.75. The van der Waals surface area contributed by atoms with Crippen molar-refractivity contribution >= 4 is 29.4 Å². The quantitative estimate of drug-likeness (QED) is 0.385. The first-order chi connectivity index (χ1) is 9.51. The van der Waals surface area contributed by atoms with Crippen molar-refractivity contribution in [2.24, 2.45) is 0 Å². The van der Waals surface area contributed by atoms with Gasteiger partial charge in [-0.2, -0.15) is 5.48 Å². The van der Waals surface area contributed by atoms with Crippen molar-refractivity contribution in [2.45, 2.75) is 25.8 Å². The second kappa shape index (κ2) is 8.16. The zero-order valence-electron chi connectivity index (χ0n) is 10.8. The molecule has 0 bridgehead atoms. The first kappa shape index (κ1) is 16.0. The van der Waals surface area contributed by atoms with Crippen LogP contribution in [0.1, 0.15) is 24.5 Å². The standard InChI is InChI=1S/C13H14ClNO5/c1-9(16)15-20-13(18)6-12(17)19-8-11-4-2-10(7-14)3-5-11/h2-5H,6-8H2,1H3,(H,15,16). The maximum atomic E-state index is 11.3. The van der Waals surface area contributed by atoms with Crippen LogP contribution in [-0.2, 0) is 36.4 Å². The van der Waals surface area contributed by atoms with Crippen LogP contribution in [0.5, 0.6) is 0 Å². The number of rotatable bonds is 5. The Hall–Kier alpha value is -2.08. The fraction of sp³-hybridized carbons (Fsp3) is 0.308. The van der Waals surface area contributed by atoms with Crippen LogP contribution in [0.2, 0.25) is 0 Å². The van der Waals surface area contributed by atoms with Crippen LogP contribution < -0.4 is 5.48 Å². The predicted molar refractivity (Wildman–Crippen MR) is 70.3 cm³/mol. The molecule has 0 unspecified atom stereocenters. The Morgan fingerprint density at radius 1 is 1.10 bits per heavy atom. The van der Waals surface area contributed by atoms with E-state index in [1.165, 1.54) is 6.92 Å². The molecular weight excluding hydrogens is 286 g/mol. The molecule has 0 heterocycles. The van der Waals surface area contributed by atoms with Crippen molar-refractivity contribution in [3.05, 3.63) is 35.4 Å². The van der Waals surface area contributed by atoms with E-state index >= 15 is 0 Å². The third kappa shape index (κ3) is 6.19. The highest BCUT2D eigenvalue weighted by atomic mass is 35.5. The summed E-state index contributed by atoms with van der Waals surface area (Å²) in [7, 11) is 0. The Labute approximate surface area is 121 Å². The number of esters is 1. The molecule has 0 radical (unpaired) electrons. The average molecular weight is 300 g/mol. The first-order valence-corrected chi connectivity index (χ1v) is 6.30. The third-order valence-corrected chi connectivity index (χ3v) is 2.48. The minimum absolute atomic E-state index is 0.0504. The van der Waals surface area contributed by atoms with E-state index in [1.807, 2.05) is 17.6 Å². The van der Waals surface area contributed by atoms with Gasteiger partial charge in [0.05, 0.1) is 0 Å². The van der Waals surface area contributed by atoms with Gasteiger partial charge in [-0.05, 0) is 11.1 Å². The monoisotopic (exact) mass is 299 g/mol. The molecule has 0 aliphatic rings. The maximum absolute atomic E-state index is 11.3. The van der Waals surface area contributed by atoms with Crippen molar-refractivity contribution in [1.82, 2.24) is 5.48 Å². The van der Waals surface area contributed by atoms with Gasteiger partial charge >= 0.3 is 11.9 Å². The Morgan fingerprint density at radius 2 is 1.70 bits per heavy atom. The molecular formula is C13H14ClNO5. The van der Waals surface area contributed by atoms with E-state index in [2.05, 4.69) is 4.84 Å². The SMILES string of the molecule is CC(=O)NOC(=O)CC(=O)OCc1ccc(CCl)cc1. The largest absolute Gasteiger partial charge is 0.460 e. The molecule has 0 aliphatic heterocycles. The first-order valence-electron chi connectivity index (χ1n) is 5.77. The van der Waals surface area contributed by atoms with Crippen LogP contribution in [-0.4, -0.2) is 17.8 Å². The number of nitrogens with one attached hydrogen (secondary N) is 1. The fourth-order valence-corrected chi connectivity index (χ4v) is 1.40. The van der Waals surface area contributed by atoms with E-state index in [4.69, 9.17) is 16.3 Å². The number of hydrogen-bond donors (Lipinski definition) is 1. The number of alkyl halides is 1.